The van der Waals surface area contributed by atoms with Crippen molar-refractivity contribution in [3.05, 3.63) is 55.4 Å². The van der Waals surface area contributed by atoms with Crippen molar-refractivity contribution >= 4 is 50.5 Å². The second kappa shape index (κ2) is 7.62. The molecule has 1 N–H and O–H groups in total. The van der Waals surface area contributed by atoms with Crippen molar-refractivity contribution in [1.82, 2.24) is 20.0 Å². The minimum atomic E-state index is -0.572. The van der Waals surface area contributed by atoms with Crippen molar-refractivity contribution in [2.45, 2.75) is 30.8 Å². The Hall–Kier alpha value is -1.69. The van der Waals surface area contributed by atoms with Crippen LogP contribution in [0.4, 0.5) is 4.79 Å². The first-order valence-corrected chi connectivity index (χ1v) is 12.4. The van der Waals surface area contributed by atoms with E-state index in [1.807, 2.05) is 51.1 Å². The van der Waals surface area contributed by atoms with Crippen LogP contribution in [0, 0.1) is 7.40 Å². The molecule has 28 heavy (non-hydrogen) atoms. The summed E-state index contributed by atoms with van der Waals surface area (Å²) in [7, 11) is 0. The fourth-order valence-electron chi connectivity index (χ4n) is 2.91. The molecule has 146 valence electrons. The van der Waals surface area contributed by atoms with E-state index < -0.39 is 11.7 Å². The Kier molecular flexibility index (Phi) is 5.34. The van der Waals surface area contributed by atoms with Crippen molar-refractivity contribution in [3.8, 4) is 0 Å². The number of aromatic amines is 1. The number of nitrogens with one attached hydrogen (secondary N) is 1. The number of H-pyrrole nitrogens is 1. The summed E-state index contributed by atoms with van der Waals surface area (Å²) in [5, 5.41) is 14.2. The molecule has 0 aliphatic carbocycles. The fraction of sp³-hybridized carbons (Fsp3) is 0.250. The van der Waals surface area contributed by atoms with Crippen LogP contribution in [0.5, 0.6) is 0 Å². The molecule has 0 aliphatic heterocycles. The van der Waals surface area contributed by atoms with Gasteiger partial charge in [0.05, 0.1) is 0 Å². The average Bonchev–Trinajstić information content (AvgIpc) is 3.20. The van der Waals surface area contributed by atoms with Crippen molar-refractivity contribution in [1.29, 1.82) is 0 Å². The summed E-state index contributed by atoms with van der Waals surface area (Å²) in [6.07, 6.45) is -0.446. The zero-order valence-corrected chi connectivity index (χ0v) is 20.0. The zero-order chi connectivity index (χ0) is 19.9. The number of benzene rings is 2. The number of fused-ring (bicyclic) bond motifs is 2. The molecule has 0 unspecified atom stereocenters. The molecule has 4 aromatic rings. The van der Waals surface area contributed by atoms with Crippen LogP contribution in [-0.4, -0.2) is 31.7 Å². The van der Waals surface area contributed by atoms with Gasteiger partial charge in [0.1, 0.15) is 0 Å². The van der Waals surface area contributed by atoms with Gasteiger partial charge in [-0.15, -0.1) is 0 Å². The summed E-state index contributed by atoms with van der Waals surface area (Å²) in [5.74, 6) is 0. The predicted octanol–water partition coefficient (Wildman–Crippen LogP) is 1.76. The van der Waals surface area contributed by atoms with Crippen molar-refractivity contribution in [3.63, 3.8) is 0 Å². The SMILES string of the molecule is CC(C)(C)OC(=O)n1nc(I)c2cccc(C[I-]c3[nH]nc4ccccc34)c21. The summed E-state index contributed by atoms with van der Waals surface area (Å²) in [4.78, 5) is 12.7. The summed E-state index contributed by atoms with van der Waals surface area (Å²) in [6, 6.07) is 14.2. The second-order valence-electron chi connectivity index (χ2n) is 7.32. The van der Waals surface area contributed by atoms with Gasteiger partial charge < -0.3 is 0 Å². The number of carbonyl (C=O) groups is 1. The summed E-state index contributed by atoms with van der Waals surface area (Å²) >= 11 is 1.81. The number of alkyl halides is 1. The first-order valence-electron chi connectivity index (χ1n) is 8.75. The van der Waals surface area contributed by atoms with E-state index in [0.29, 0.717) is 0 Å². The van der Waals surface area contributed by atoms with Gasteiger partial charge in [-0.2, -0.15) is 0 Å². The van der Waals surface area contributed by atoms with E-state index in [4.69, 9.17) is 4.74 Å². The molecule has 2 heterocycles. The van der Waals surface area contributed by atoms with Crippen molar-refractivity contribution in [2.24, 2.45) is 0 Å². The van der Waals surface area contributed by atoms with Crippen molar-refractivity contribution in [2.75, 3.05) is 0 Å². The molecule has 4 rings (SSSR count). The number of hydrogen-bond acceptors (Lipinski definition) is 4. The van der Waals surface area contributed by atoms with Crippen LogP contribution < -0.4 is 21.2 Å². The molecule has 0 atom stereocenters. The van der Waals surface area contributed by atoms with E-state index >= 15 is 0 Å². The zero-order valence-electron chi connectivity index (χ0n) is 15.7. The maximum absolute atomic E-state index is 12.7. The number of hydrogen-bond donors (Lipinski definition) is 1. The predicted molar refractivity (Wildman–Crippen MR) is 113 cm³/mol. The third kappa shape index (κ3) is 3.88. The Balaban J connectivity index is 1.70. The number of nitrogens with zero attached hydrogens (tertiary/aromatic N) is 3. The van der Waals surface area contributed by atoms with E-state index in [0.717, 1.165) is 30.1 Å². The van der Waals surface area contributed by atoms with E-state index in [9.17, 15) is 4.79 Å². The Labute approximate surface area is 186 Å². The molecule has 2 aromatic carbocycles. The molecule has 0 amide bonds. The molecule has 0 saturated carbocycles. The van der Waals surface area contributed by atoms with E-state index in [-0.39, 0.29) is 21.2 Å². The third-order valence-electron chi connectivity index (χ3n) is 4.07. The number of ether oxygens (including phenoxy) is 1. The van der Waals surface area contributed by atoms with Gasteiger partial charge in [0.25, 0.3) is 0 Å². The molecular weight excluding hydrogens is 582 g/mol. The Morgan fingerprint density at radius 3 is 2.71 bits per heavy atom. The molecule has 0 radical (unpaired) electrons. The molecule has 0 fully saturated rings. The molecule has 2 aromatic heterocycles. The second-order valence-corrected chi connectivity index (χ2v) is 10.9. The molecular formula is C20H19I2N4O2-. The molecule has 0 aliphatic rings. The van der Waals surface area contributed by atoms with Gasteiger partial charge in [-0.25, -0.2) is 0 Å². The normalized spacial score (nSPS) is 12.1. The number of aromatic nitrogens is 4. The van der Waals surface area contributed by atoms with Gasteiger partial charge in [0.15, 0.2) is 0 Å². The minimum absolute atomic E-state index is 0.356. The van der Waals surface area contributed by atoms with Gasteiger partial charge in [-0.05, 0) is 0 Å². The van der Waals surface area contributed by atoms with Gasteiger partial charge in [0, 0.05) is 0 Å². The van der Waals surface area contributed by atoms with E-state index in [2.05, 4.69) is 50.0 Å². The number of halogens is 2. The molecule has 0 saturated heterocycles. The number of para-hydroxylation sites is 2. The number of carbonyl (C=O) groups excluding carboxylic acids is 1. The Morgan fingerprint density at radius 1 is 1.18 bits per heavy atom. The van der Waals surface area contributed by atoms with E-state index in [1.54, 1.807) is 0 Å². The standard InChI is InChI=1S/C20H19I2N4O2/c1-20(2,3)28-19(27)26-16-12(7-6-9-14(16)17(21)25-26)11-22-18-13-8-4-5-10-15(13)23-24-18/h4-10H,11H2,1-3H3,(H,23,24)/q-1. The van der Waals surface area contributed by atoms with Crippen LogP contribution in [0.3, 0.4) is 0 Å². The molecule has 0 spiro atoms. The topological polar surface area (TPSA) is 72.8 Å². The van der Waals surface area contributed by atoms with E-state index in [1.165, 1.54) is 13.8 Å². The first kappa shape index (κ1) is 19.6. The molecule has 6 nitrogen and oxygen atoms in total. The molecule has 8 heteroatoms. The van der Waals surface area contributed by atoms with Gasteiger partial charge in [0.2, 0.25) is 0 Å². The summed E-state index contributed by atoms with van der Waals surface area (Å²) < 4.78 is 9.83. The van der Waals surface area contributed by atoms with Gasteiger partial charge >= 0.3 is 187 Å². The van der Waals surface area contributed by atoms with Crippen LogP contribution in [0.1, 0.15) is 26.3 Å². The number of rotatable bonds is 3. The van der Waals surface area contributed by atoms with Gasteiger partial charge in [-0.1, -0.05) is 0 Å². The van der Waals surface area contributed by atoms with Crippen LogP contribution in [-0.2, 0) is 9.16 Å². The quantitative estimate of drug-likeness (QED) is 0.287. The van der Waals surface area contributed by atoms with Gasteiger partial charge in [-0.3, -0.25) is 0 Å². The Bertz CT molecular complexity index is 1170. The molecule has 0 bridgehead atoms. The Morgan fingerprint density at radius 2 is 1.93 bits per heavy atom. The third-order valence-corrected chi connectivity index (χ3v) is 7.65. The van der Waals surface area contributed by atoms with Crippen LogP contribution in [0.15, 0.2) is 42.5 Å². The average molecular weight is 601 g/mol. The maximum atomic E-state index is 12.7. The van der Waals surface area contributed by atoms with Crippen LogP contribution in [0.25, 0.3) is 21.8 Å². The van der Waals surface area contributed by atoms with Crippen molar-refractivity contribution < 1.29 is 30.7 Å². The fourth-order valence-corrected chi connectivity index (χ4v) is 6.13. The first-order chi connectivity index (χ1) is 13.3. The summed E-state index contributed by atoms with van der Waals surface area (Å²) in [6.45, 7) is 5.58. The monoisotopic (exact) mass is 601 g/mol. The summed E-state index contributed by atoms with van der Waals surface area (Å²) in [5.41, 5.74) is 2.36. The van der Waals surface area contributed by atoms with Crippen LogP contribution >= 0.6 is 22.6 Å². The van der Waals surface area contributed by atoms with Crippen LogP contribution in [0.2, 0.25) is 0 Å².